The zero-order valence-corrected chi connectivity index (χ0v) is 19.4. The first kappa shape index (κ1) is 22.6. The minimum Gasteiger partial charge on any atom is -0.494 e. The molecule has 0 spiro atoms. The molecule has 1 N–H and O–H groups in total. The number of methoxy groups -OCH3 is 1. The number of amides is 1. The Morgan fingerprint density at radius 1 is 1.09 bits per heavy atom. The maximum Gasteiger partial charge on any atom is 0.412 e. The topological polar surface area (TPSA) is 65.4 Å². The van der Waals surface area contributed by atoms with Gasteiger partial charge in [0.15, 0.2) is 11.6 Å². The number of aromatic nitrogens is 2. The number of ether oxygens (including phenoxy) is 2. The summed E-state index contributed by atoms with van der Waals surface area (Å²) in [6, 6.07) is 15.7. The van der Waals surface area contributed by atoms with Crippen molar-refractivity contribution in [3.05, 3.63) is 71.6 Å². The quantitative estimate of drug-likeness (QED) is 0.357. The summed E-state index contributed by atoms with van der Waals surface area (Å²) < 4.78 is 25.8. The summed E-state index contributed by atoms with van der Waals surface area (Å²) in [5.74, 6) is -0.279. The van der Waals surface area contributed by atoms with Crippen molar-refractivity contribution in [2.24, 2.45) is 0 Å². The molecule has 1 amide bonds. The molecule has 4 aromatic rings. The van der Waals surface area contributed by atoms with Crippen molar-refractivity contribution >= 4 is 34.3 Å². The standard InChI is InChI=1S/C25H23ClFN3O3/c1-25(2,3)33-24(31)29-17-6-8-19(20(26)12-17)15-5-10-22-16(11-15)14-28-30(22)18-7-9-21(27)23(13-18)32-4/h5-14H,1-4H3,(H,29,31). The average molecular weight is 468 g/mol. The lowest BCUT2D eigenvalue weighted by Gasteiger charge is -2.19. The molecule has 8 heteroatoms. The van der Waals surface area contributed by atoms with E-state index >= 15 is 0 Å². The van der Waals surface area contributed by atoms with Crippen molar-refractivity contribution in [1.29, 1.82) is 0 Å². The fourth-order valence-corrected chi connectivity index (χ4v) is 3.72. The van der Waals surface area contributed by atoms with Gasteiger partial charge in [0.1, 0.15) is 5.60 Å². The molecule has 0 aliphatic rings. The van der Waals surface area contributed by atoms with Crippen LogP contribution in [-0.2, 0) is 4.74 Å². The van der Waals surface area contributed by atoms with E-state index in [0.29, 0.717) is 16.4 Å². The third kappa shape index (κ3) is 4.93. The number of anilines is 1. The van der Waals surface area contributed by atoms with Gasteiger partial charge in [-0.25, -0.2) is 13.9 Å². The van der Waals surface area contributed by atoms with Crippen LogP contribution >= 0.6 is 11.6 Å². The number of carbonyl (C=O) groups excluding carboxylic acids is 1. The van der Waals surface area contributed by atoms with Crippen LogP contribution in [0.5, 0.6) is 5.75 Å². The number of hydrogen-bond donors (Lipinski definition) is 1. The molecule has 1 heterocycles. The smallest absolute Gasteiger partial charge is 0.412 e. The van der Waals surface area contributed by atoms with E-state index in [1.807, 2.05) is 24.3 Å². The van der Waals surface area contributed by atoms with Gasteiger partial charge in [0, 0.05) is 22.7 Å². The lowest BCUT2D eigenvalue weighted by molar-refractivity contribution is 0.0636. The van der Waals surface area contributed by atoms with Gasteiger partial charge in [0.2, 0.25) is 0 Å². The first-order valence-electron chi connectivity index (χ1n) is 10.3. The molecule has 4 rings (SSSR count). The minimum absolute atomic E-state index is 0.152. The Morgan fingerprint density at radius 3 is 2.58 bits per heavy atom. The van der Waals surface area contributed by atoms with Gasteiger partial charge in [-0.05, 0) is 62.7 Å². The number of rotatable bonds is 4. The molecule has 0 aliphatic heterocycles. The fraction of sp³-hybridized carbons (Fsp3) is 0.200. The van der Waals surface area contributed by atoms with Gasteiger partial charge in [-0.15, -0.1) is 0 Å². The summed E-state index contributed by atoms with van der Waals surface area (Å²) >= 11 is 6.52. The SMILES string of the molecule is COc1cc(-n2ncc3cc(-c4ccc(NC(=O)OC(C)(C)C)cc4Cl)ccc32)ccc1F. The predicted molar refractivity (Wildman–Crippen MR) is 128 cm³/mol. The van der Waals surface area contributed by atoms with Crippen LogP contribution in [0.4, 0.5) is 14.9 Å². The first-order valence-corrected chi connectivity index (χ1v) is 10.6. The Kier molecular flexibility index (Phi) is 5.99. The molecule has 0 unspecified atom stereocenters. The van der Waals surface area contributed by atoms with Crippen molar-refractivity contribution in [2.75, 3.05) is 12.4 Å². The van der Waals surface area contributed by atoms with E-state index in [1.54, 1.807) is 55.9 Å². The van der Waals surface area contributed by atoms with Crippen molar-refractivity contribution in [1.82, 2.24) is 9.78 Å². The van der Waals surface area contributed by atoms with Gasteiger partial charge in [-0.3, -0.25) is 5.32 Å². The maximum absolute atomic E-state index is 13.8. The number of nitrogens with zero attached hydrogens (tertiary/aromatic N) is 2. The number of hydrogen-bond acceptors (Lipinski definition) is 4. The molecule has 33 heavy (non-hydrogen) atoms. The number of benzene rings is 3. The second kappa shape index (κ2) is 8.75. The summed E-state index contributed by atoms with van der Waals surface area (Å²) in [4.78, 5) is 12.0. The number of nitrogens with one attached hydrogen (secondary N) is 1. The summed E-state index contributed by atoms with van der Waals surface area (Å²) in [6.45, 7) is 5.40. The highest BCUT2D eigenvalue weighted by Gasteiger charge is 2.17. The van der Waals surface area contributed by atoms with E-state index < -0.39 is 17.5 Å². The van der Waals surface area contributed by atoms with Crippen LogP contribution in [0.25, 0.3) is 27.7 Å². The number of carbonyl (C=O) groups is 1. The third-order valence-electron chi connectivity index (χ3n) is 4.87. The number of halogens is 2. The zero-order chi connectivity index (χ0) is 23.8. The van der Waals surface area contributed by atoms with E-state index in [2.05, 4.69) is 10.4 Å². The molecule has 0 aliphatic carbocycles. The van der Waals surface area contributed by atoms with Gasteiger partial charge in [-0.2, -0.15) is 5.10 Å². The van der Waals surface area contributed by atoms with E-state index in [0.717, 1.165) is 22.0 Å². The van der Waals surface area contributed by atoms with Crippen molar-refractivity contribution in [3.63, 3.8) is 0 Å². The van der Waals surface area contributed by atoms with Gasteiger partial charge >= 0.3 is 6.09 Å². The second-order valence-corrected chi connectivity index (χ2v) is 8.88. The van der Waals surface area contributed by atoms with Gasteiger partial charge in [0.05, 0.1) is 29.5 Å². The molecule has 0 bridgehead atoms. The molecule has 0 radical (unpaired) electrons. The molecular weight excluding hydrogens is 445 g/mol. The Labute approximate surface area is 195 Å². The van der Waals surface area contributed by atoms with Crippen LogP contribution in [-0.4, -0.2) is 28.6 Å². The summed E-state index contributed by atoms with van der Waals surface area (Å²) in [5.41, 5.74) is 3.19. The van der Waals surface area contributed by atoms with E-state index in [4.69, 9.17) is 21.1 Å². The lowest BCUT2D eigenvalue weighted by atomic mass is 10.0. The average Bonchev–Trinajstić information content (AvgIpc) is 3.16. The predicted octanol–water partition coefficient (Wildman–Crippen LogP) is 6.84. The van der Waals surface area contributed by atoms with Gasteiger partial charge in [0.25, 0.3) is 0 Å². The fourth-order valence-electron chi connectivity index (χ4n) is 3.43. The van der Waals surface area contributed by atoms with Crippen LogP contribution in [0.3, 0.4) is 0 Å². The minimum atomic E-state index is -0.591. The molecule has 170 valence electrons. The maximum atomic E-state index is 13.8. The summed E-state index contributed by atoms with van der Waals surface area (Å²) in [7, 11) is 1.42. The van der Waals surface area contributed by atoms with E-state index in [9.17, 15) is 9.18 Å². The summed E-state index contributed by atoms with van der Waals surface area (Å²) in [6.07, 6.45) is 1.19. The number of fused-ring (bicyclic) bond motifs is 1. The zero-order valence-electron chi connectivity index (χ0n) is 18.6. The molecule has 0 atom stereocenters. The highest BCUT2D eigenvalue weighted by Crippen LogP contribution is 2.33. The monoisotopic (exact) mass is 467 g/mol. The molecule has 0 saturated heterocycles. The van der Waals surface area contributed by atoms with Crippen molar-refractivity contribution in [2.45, 2.75) is 26.4 Å². The molecule has 1 aromatic heterocycles. The molecule has 0 saturated carbocycles. The largest absolute Gasteiger partial charge is 0.494 e. The molecule has 6 nitrogen and oxygen atoms in total. The molecular formula is C25H23ClFN3O3. The lowest BCUT2D eigenvalue weighted by Crippen LogP contribution is -2.27. The Balaban J connectivity index is 1.61. The second-order valence-electron chi connectivity index (χ2n) is 8.47. The molecule has 0 fully saturated rings. The Bertz CT molecular complexity index is 1340. The van der Waals surface area contributed by atoms with E-state index in [1.165, 1.54) is 13.2 Å². The highest BCUT2D eigenvalue weighted by molar-refractivity contribution is 6.33. The van der Waals surface area contributed by atoms with Crippen LogP contribution in [0.2, 0.25) is 5.02 Å². The van der Waals surface area contributed by atoms with Crippen molar-refractivity contribution in [3.8, 4) is 22.6 Å². The highest BCUT2D eigenvalue weighted by atomic mass is 35.5. The first-order chi connectivity index (χ1) is 15.6. The third-order valence-corrected chi connectivity index (χ3v) is 5.19. The van der Waals surface area contributed by atoms with Crippen LogP contribution < -0.4 is 10.1 Å². The Morgan fingerprint density at radius 2 is 1.88 bits per heavy atom. The van der Waals surface area contributed by atoms with E-state index in [-0.39, 0.29) is 5.75 Å². The van der Waals surface area contributed by atoms with Crippen molar-refractivity contribution < 1.29 is 18.7 Å². The van der Waals surface area contributed by atoms with Crippen LogP contribution in [0.1, 0.15) is 20.8 Å². The van der Waals surface area contributed by atoms with Gasteiger partial charge in [-0.1, -0.05) is 23.7 Å². The summed E-state index contributed by atoms with van der Waals surface area (Å²) in [5, 5.41) is 8.51. The normalized spacial score (nSPS) is 11.5. The van der Waals surface area contributed by atoms with Crippen LogP contribution in [0.15, 0.2) is 60.8 Å². The molecule has 3 aromatic carbocycles. The Hall–Kier alpha value is -3.58. The van der Waals surface area contributed by atoms with Gasteiger partial charge < -0.3 is 9.47 Å². The van der Waals surface area contributed by atoms with Crippen LogP contribution in [0, 0.1) is 5.82 Å².